The van der Waals surface area contributed by atoms with Gasteiger partial charge in [-0.3, -0.25) is 4.79 Å². The van der Waals surface area contributed by atoms with E-state index in [0.717, 1.165) is 24.8 Å². The number of anilines is 1. The van der Waals surface area contributed by atoms with E-state index in [1.54, 1.807) is 29.2 Å². The smallest absolute Gasteiger partial charge is 0.264 e. The molecular formula is C21H22BrFN2O4S. The van der Waals surface area contributed by atoms with Gasteiger partial charge in [0.05, 0.1) is 4.90 Å². The Bertz CT molecular complexity index is 1070. The third kappa shape index (κ3) is 4.24. The van der Waals surface area contributed by atoms with E-state index in [4.69, 9.17) is 4.74 Å². The highest BCUT2D eigenvalue weighted by atomic mass is 79.9. The van der Waals surface area contributed by atoms with Crippen LogP contribution in [0, 0.1) is 5.82 Å². The van der Waals surface area contributed by atoms with E-state index < -0.39 is 15.8 Å². The largest absolute Gasteiger partial charge is 0.481 e. The van der Waals surface area contributed by atoms with Crippen LogP contribution in [0.3, 0.4) is 0 Å². The minimum atomic E-state index is -3.52. The van der Waals surface area contributed by atoms with Crippen LogP contribution >= 0.6 is 15.9 Å². The number of halogens is 2. The number of amides is 1. The number of fused-ring (bicyclic) bond motifs is 1. The van der Waals surface area contributed by atoms with Crippen molar-refractivity contribution in [1.82, 2.24) is 4.31 Å². The number of ether oxygens (including phenoxy) is 1. The van der Waals surface area contributed by atoms with Crippen LogP contribution in [-0.2, 0) is 21.2 Å². The number of hydrogen-bond donors (Lipinski definition) is 0. The van der Waals surface area contributed by atoms with Crippen LogP contribution in [0.4, 0.5) is 10.1 Å². The molecule has 0 unspecified atom stereocenters. The minimum absolute atomic E-state index is 0.00828. The lowest BCUT2D eigenvalue weighted by molar-refractivity contribution is -0.120. The fourth-order valence-electron chi connectivity index (χ4n) is 3.86. The molecule has 0 aliphatic carbocycles. The molecule has 2 aromatic rings. The second-order valence-electron chi connectivity index (χ2n) is 7.41. The summed E-state index contributed by atoms with van der Waals surface area (Å²) < 4.78 is 47.2. The van der Waals surface area contributed by atoms with Gasteiger partial charge in [0, 0.05) is 29.8 Å². The first-order chi connectivity index (χ1) is 14.4. The molecule has 2 heterocycles. The summed E-state index contributed by atoms with van der Waals surface area (Å²) in [6.07, 6.45) is 3.38. The summed E-state index contributed by atoms with van der Waals surface area (Å²) in [6, 6.07) is 9.28. The van der Waals surface area contributed by atoms with Crippen molar-refractivity contribution in [2.24, 2.45) is 0 Å². The van der Waals surface area contributed by atoms with E-state index >= 15 is 0 Å². The molecule has 160 valence electrons. The molecule has 0 saturated carbocycles. The monoisotopic (exact) mass is 496 g/mol. The molecule has 0 atom stereocenters. The zero-order valence-corrected chi connectivity index (χ0v) is 18.7. The van der Waals surface area contributed by atoms with Crippen molar-refractivity contribution in [3.63, 3.8) is 0 Å². The molecule has 30 heavy (non-hydrogen) atoms. The van der Waals surface area contributed by atoms with Gasteiger partial charge < -0.3 is 9.64 Å². The Morgan fingerprint density at radius 3 is 2.57 bits per heavy atom. The molecule has 1 amide bonds. The van der Waals surface area contributed by atoms with E-state index in [1.807, 2.05) is 0 Å². The Morgan fingerprint density at radius 1 is 1.07 bits per heavy atom. The number of carbonyl (C=O) groups is 1. The van der Waals surface area contributed by atoms with Crippen LogP contribution in [0.2, 0.25) is 0 Å². The molecule has 9 heteroatoms. The molecule has 0 N–H and O–H groups in total. The number of sulfonamides is 1. The number of benzene rings is 2. The minimum Gasteiger partial charge on any atom is -0.481 e. The summed E-state index contributed by atoms with van der Waals surface area (Å²) in [5.74, 6) is -0.844. The van der Waals surface area contributed by atoms with Gasteiger partial charge in [-0.15, -0.1) is 0 Å². The Hall–Kier alpha value is -1.97. The summed E-state index contributed by atoms with van der Waals surface area (Å²) in [5, 5.41) is 0. The molecule has 0 bridgehead atoms. The second kappa shape index (κ2) is 8.64. The van der Waals surface area contributed by atoms with Gasteiger partial charge in [-0.1, -0.05) is 22.4 Å². The highest BCUT2D eigenvalue weighted by Crippen LogP contribution is 2.32. The lowest BCUT2D eigenvalue weighted by Crippen LogP contribution is -2.35. The number of rotatable bonds is 5. The van der Waals surface area contributed by atoms with E-state index in [-0.39, 0.29) is 23.2 Å². The fourth-order valence-corrected chi connectivity index (χ4v) is 5.76. The van der Waals surface area contributed by atoms with Crippen molar-refractivity contribution >= 4 is 37.5 Å². The van der Waals surface area contributed by atoms with Gasteiger partial charge in [0.15, 0.2) is 18.2 Å². The molecule has 6 nitrogen and oxygen atoms in total. The van der Waals surface area contributed by atoms with Crippen LogP contribution in [0.15, 0.2) is 45.8 Å². The Morgan fingerprint density at radius 2 is 1.83 bits per heavy atom. The zero-order chi connectivity index (χ0) is 21.3. The highest BCUT2D eigenvalue weighted by molar-refractivity contribution is 9.10. The Kier molecular flexibility index (Phi) is 6.13. The number of piperidine rings is 1. The number of nitrogens with zero attached hydrogens (tertiary/aromatic N) is 2. The summed E-state index contributed by atoms with van der Waals surface area (Å²) in [6.45, 7) is 1.24. The van der Waals surface area contributed by atoms with Gasteiger partial charge in [-0.05, 0) is 61.2 Å². The number of hydrogen-bond acceptors (Lipinski definition) is 4. The first-order valence-electron chi connectivity index (χ1n) is 9.87. The summed E-state index contributed by atoms with van der Waals surface area (Å²) in [4.78, 5) is 14.5. The molecule has 0 radical (unpaired) electrons. The third-order valence-electron chi connectivity index (χ3n) is 5.45. The van der Waals surface area contributed by atoms with Crippen molar-refractivity contribution < 1.29 is 22.3 Å². The van der Waals surface area contributed by atoms with E-state index in [2.05, 4.69) is 15.9 Å². The third-order valence-corrected chi connectivity index (χ3v) is 7.83. The predicted molar refractivity (Wildman–Crippen MR) is 115 cm³/mol. The lowest BCUT2D eigenvalue weighted by Gasteiger charge is -2.26. The van der Waals surface area contributed by atoms with E-state index in [0.29, 0.717) is 36.2 Å². The van der Waals surface area contributed by atoms with Gasteiger partial charge in [0.25, 0.3) is 5.91 Å². The van der Waals surface area contributed by atoms with Crippen LogP contribution < -0.4 is 9.64 Å². The maximum atomic E-state index is 13.9. The normalized spacial score (nSPS) is 17.1. The van der Waals surface area contributed by atoms with Crippen molar-refractivity contribution in [1.29, 1.82) is 0 Å². The summed E-state index contributed by atoms with van der Waals surface area (Å²) in [7, 11) is -3.52. The number of carbonyl (C=O) groups excluding carboxylic acids is 1. The van der Waals surface area contributed by atoms with Crippen molar-refractivity contribution in [3.8, 4) is 5.75 Å². The van der Waals surface area contributed by atoms with Crippen LogP contribution in [-0.4, -0.2) is 44.9 Å². The molecule has 2 aromatic carbocycles. The van der Waals surface area contributed by atoms with Crippen molar-refractivity contribution in [3.05, 3.63) is 52.3 Å². The SMILES string of the molecule is O=C(COc1ccc(Br)cc1F)N1CCc2cc(S(=O)(=O)N3CCCCC3)ccc21. The predicted octanol–water partition coefficient (Wildman–Crippen LogP) is 3.73. The van der Waals surface area contributed by atoms with Crippen LogP contribution in [0.1, 0.15) is 24.8 Å². The second-order valence-corrected chi connectivity index (χ2v) is 10.3. The molecule has 1 saturated heterocycles. The average molecular weight is 497 g/mol. The zero-order valence-electron chi connectivity index (χ0n) is 16.3. The van der Waals surface area contributed by atoms with Crippen molar-refractivity contribution in [2.75, 3.05) is 31.1 Å². The highest BCUT2D eigenvalue weighted by Gasteiger charge is 2.30. The molecule has 4 rings (SSSR count). The summed E-state index contributed by atoms with van der Waals surface area (Å²) in [5.41, 5.74) is 1.49. The molecule has 0 spiro atoms. The Labute approximate surface area is 183 Å². The molecule has 1 fully saturated rings. The maximum Gasteiger partial charge on any atom is 0.264 e. The van der Waals surface area contributed by atoms with Gasteiger partial charge in [0.1, 0.15) is 0 Å². The fraction of sp³-hybridized carbons (Fsp3) is 0.381. The molecular weight excluding hydrogens is 475 g/mol. The topological polar surface area (TPSA) is 66.9 Å². The van der Waals surface area contributed by atoms with E-state index in [9.17, 15) is 17.6 Å². The first-order valence-corrected chi connectivity index (χ1v) is 12.1. The maximum absolute atomic E-state index is 13.9. The standard InChI is InChI=1S/C21H22BrFN2O4S/c22-16-4-7-20(18(23)13-16)29-14-21(26)25-11-8-15-12-17(5-6-19(15)25)30(27,28)24-9-2-1-3-10-24/h4-7,12-13H,1-3,8-11,14H2. The van der Waals surface area contributed by atoms with Crippen LogP contribution in [0.25, 0.3) is 0 Å². The van der Waals surface area contributed by atoms with Gasteiger partial charge in [0.2, 0.25) is 10.0 Å². The molecule has 2 aliphatic rings. The summed E-state index contributed by atoms with van der Waals surface area (Å²) >= 11 is 3.18. The Balaban J connectivity index is 1.47. The van der Waals surface area contributed by atoms with Crippen LogP contribution in [0.5, 0.6) is 5.75 Å². The lowest BCUT2D eigenvalue weighted by atomic mass is 10.2. The quantitative estimate of drug-likeness (QED) is 0.632. The van der Waals surface area contributed by atoms with Crippen molar-refractivity contribution in [2.45, 2.75) is 30.6 Å². The van der Waals surface area contributed by atoms with Gasteiger partial charge >= 0.3 is 0 Å². The van der Waals surface area contributed by atoms with Gasteiger partial charge in [-0.25, -0.2) is 12.8 Å². The molecule has 0 aromatic heterocycles. The molecule has 2 aliphatic heterocycles. The van der Waals surface area contributed by atoms with Gasteiger partial charge in [-0.2, -0.15) is 4.31 Å². The van der Waals surface area contributed by atoms with E-state index in [1.165, 1.54) is 16.4 Å². The first kappa shape index (κ1) is 21.3. The average Bonchev–Trinajstić information content (AvgIpc) is 3.17.